The molecular formula is C26H29N3O5. The van der Waals surface area contributed by atoms with E-state index in [1.54, 1.807) is 4.90 Å². The Kier molecular flexibility index (Phi) is 5.77. The molecule has 8 nitrogen and oxygen atoms in total. The van der Waals surface area contributed by atoms with Crippen molar-refractivity contribution in [2.45, 2.75) is 56.5 Å². The third-order valence-corrected chi connectivity index (χ3v) is 7.07. The van der Waals surface area contributed by atoms with Crippen LogP contribution in [0.15, 0.2) is 54.6 Å². The van der Waals surface area contributed by atoms with Gasteiger partial charge in [0.05, 0.1) is 5.60 Å². The van der Waals surface area contributed by atoms with Gasteiger partial charge in [-0.1, -0.05) is 48.5 Å². The minimum absolute atomic E-state index is 0.134. The summed E-state index contributed by atoms with van der Waals surface area (Å²) < 4.78 is 12.2. The van der Waals surface area contributed by atoms with Gasteiger partial charge in [-0.2, -0.15) is 0 Å². The quantitative estimate of drug-likeness (QED) is 0.728. The molecule has 0 aromatic heterocycles. The molecule has 3 aliphatic rings. The van der Waals surface area contributed by atoms with Gasteiger partial charge >= 0.3 is 6.09 Å². The topological polar surface area (TPSA) is 97.0 Å². The first-order valence-corrected chi connectivity index (χ1v) is 11.7. The number of nitrogens with zero attached hydrogens (tertiary/aromatic N) is 1. The van der Waals surface area contributed by atoms with Gasteiger partial charge in [-0.15, -0.1) is 0 Å². The Morgan fingerprint density at radius 2 is 1.79 bits per heavy atom. The van der Waals surface area contributed by atoms with Crippen LogP contribution in [-0.4, -0.2) is 47.5 Å². The van der Waals surface area contributed by atoms with Gasteiger partial charge in [0.1, 0.15) is 6.61 Å². The molecule has 5 rings (SSSR count). The number of hydrogen-bond acceptors (Lipinski definition) is 5. The lowest BCUT2D eigenvalue weighted by Gasteiger charge is -2.51. The molecule has 3 heterocycles. The van der Waals surface area contributed by atoms with E-state index in [0.29, 0.717) is 38.8 Å². The van der Waals surface area contributed by atoms with E-state index in [0.717, 1.165) is 16.8 Å². The predicted octanol–water partition coefficient (Wildman–Crippen LogP) is 3.32. The Balaban J connectivity index is 1.32. The van der Waals surface area contributed by atoms with Crippen molar-refractivity contribution in [3.05, 3.63) is 65.7 Å². The van der Waals surface area contributed by atoms with Crippen LogP contribution >= 0.6 is 0 Å². The number of nitrogens with one attached hydrogen (secondary N) is 2. The molecular weight excluding hydrogens is 434 g/mol. The van der Waals surface area contributed by atoms with Crippen LogP contribution in [0.5, 0.6) is 0 Å². The molecule has 8 heteroatoms. The van der Waals surface area contributed by atoms with Crippen LogP contribution in [0.4, 0.5) is 10.5 Å². The molecule has 2 aromatic rings. The summed E-state index contributed by atoms with van der Waals surface area (Å²) in [5.41, 5.74) is 0.701. The van der Waals surface area contributed by atoms with Crippen molar-refractivity contribution in [3.63, 3.8) is 0 Å². The number of rotatable bonds is 3. The number of hydrogen-bond donors (Lipinski definition) is 2. The standard InChI is InChI=1S/C26H29N3O5/c1-18(30)27-20-15-25(34-26(16-20)21-9-5-6-10-22(21)28-23(26)31)11-13-29(14-12-25)24(32)33-17-19-7-3-2-4-8-19/h2-10,20H,11-17H2,1H3,(H,27,30)(H,28,31). The second-order valence-electron chi connectivity index (χ2n) is 9.44. The maximum Gasteiger partial charge on any atom is 0.410 e. The smallest absolute Gasteiger partial charge is 0.410 e. The first-order valence-electron chi connectivity index (χ1n) is 11.7. The van der Waals surface area contributed by atoms with E-state index in [1.165, 1.54) is 6.92 Å². The van der Waals surface area contributed by atoms with Gasteiger partial charge in [0.15, 0.2) is 5.60 Å². The van der Waals surface area contributed by atoms with Crippen LogP contribution in [0.3, 0.4) is 0 Å². The summed E-state index contributed by atoms with van der Waals surface area (Å²) in [6.45, 7) is 2.63. The van der Waals surface area contributed by atoms with Gasteiger partial charge in [-0.25, -0.2) is 4.79 Å². The highest BCUT2D eigenvalue weighted by Crippen LogP contribution is 2.51. The predicted molar refractivity (Wildman–Crippen MR) is 125 cm³/mol. The molecule has 2 spiro atoms. The van der Waals surface area contributed by atoms with Crippen molar-refractivity contribution >= 4 is 23.6 Å². The Labute approximate surface area is 198 Å². The number of piperidine rings is 1. The molecule has 178 valence electrons. The highest BCUT2D eigenvalue weighted by Gasteiger charge is 2.58. The lowest BCUT2D eigenvalue weighted by Crippen LogP contribution is -2.61. The summed E-state index contributed by atoms with van der Waals surface area (Å²) in [7, 11) is 0. The summed E-state index contributed by atoms with van der Waals surface area (Å²) in [4.78, 5) is 39.5. The fourth-order valence-electron chi connectivity index (χ4n) is 5.52. The first kappa shape index (κ1) is 22.4. The number of carbonyl (C=O) groups is 3. The number of fused-ring (bicyclic) bond motifs is 2. The molecule has 0 radical (unpaired) electrons. The molecule has 3 aliphatic heterocycles. The maximum atomic E-state index is 13.2. The van der Waals surface area contributed by atoms with Crippen molar-refractivity contribution in [1.82, 2.24) is 10.2 Å². The zero-order chi connectivity index (χ0) is 23.8. The third kappa shape index (κ3) is 4.14. The number of benzene rings is 2. The highest BCUT2D eigenvalue weighted by atomic mass is 16.6. The molecule has 0 aliphatic carbocycles. The van der Waals surface area contributed by atoms with Crippen molar-refractivity contribution in [2.75, 3.05) is 18.4 Å². The summed E-state index contributed by atoms with van der Waals surface area (Å²) in [6.07, 6.45) is 1.73. The zero-order valence-corrected chi connectivity index (χ0v) is 19.2. The number of amides is 3. The van der Waals surface area contributed by atoms with E-state index in [9.17, 15) is 14.4 Å². The molecule has 2 fully saturated rings. The van der Waals surface area contributed by atoms with E-state index in [4.69, 9.17) is 9.47 Å². The van der Waals surface area contributed by atoms with Crippen LogP contribution in [-0.2, 0) is 31.3 Å². The zero-order valence-electron chi connectivity index (χ0n) is 19.2. The van der Waals surface area contributed by atoms with Crippen molar-refractivity contribution in [3.8, 4) is 0 Å². The van der Waals surface area contributed by atoms with Crippen LogP contribution in [0, 0.1) is 0 Å². The number of para-hydroxylation sites is 1. The van der Waals surface area contributed by atoms with Crippen molar-refractivity contribution < 1.29 is 23.9 Å². The molecule has 2 aromatic carbocycles. The number of anilines is 1. The Morgan fingerprint density at radius 1 is 1.09 bits per heavy atom. The summed E-state index contributed by atoms with van der Waals surface area (Å²) in [5, 5.41) is 5.98. The first-order chi connectivity index (χ1) is 16.4. The summed E-state index contributed by atoms with van der Waals surface area (Å²) in [5.74, 6) is -0.335. The van der Waals surface area contributed by atoms with Gasteiger partial charge in [0.25, 0.3) is 5.91 Å². The lowest BCUT2D eigenvalue weighted by atomic mass is 9.75. The van der Waals surface area contributed by atoms with E-state index < -0.39 is 11.2 Å². The molecule has 2 saturated heterocycles. The minimum atomic E-state index is -1.15. The fraction of sp³-hybridized carbons (Fsp3) is 0.423. The number of likely N-dealkylation sites (tertiary alicyclic amines) is 1. The summed E-state index contributed by atoms with van der Waals surface area (Å²) in [6, 6.07) is 16.9. The van der Waals surface area contributed by atoms with Crippen LogP contribution < -0.4 is 10.6 Å². The van der Waals surface area contributed by atoms with Gasteiger partial charge in [-0.3, -0.25) is 9.59 Å². The molecule has 34 heavy (non-hydrogen) atoms. The third-order valence-electron chi connectivity index (χ3n) is 7.07. The van der Waals surface area contributed by atoms with Crippen LogP contribution in [0.25, 0.3) is 0 Å². The Hall–Kier alpha value is -3.39. The second-order valence-corrected chi connectivity index (χ2v) is 9.44. The highest BCUT2D eigenvalue weighted by molar-refractivity contribution is 6.05. The molecule has 2 atom stereocenters. The van der Waals surface area contributed by atoms with Crippen molar-refractivity contribution in [1.29, 1.82) is 0 Å². The van der Waals surface area contributed by atoms with Crippen LogP contribution in [0.1, 0.15) is 43.7 Å². The molecule has 2 unspecified atom stereocenters. The van der Waals surface area contributed by atoms with E-state index in [2.05, 4.69) is 10.6 Å². The molecule has 2 N–H and O–H groups in total. The normalized spacial score (nSPS) is 25.0. The number of ether oxygens (including phenoxy) is 2. The number of carbonyl (C=O) groups excluding carboxylic acids is 3. The maximum absolute atomic E-state index is 13.2. The molecule has 0 saturated carbocycles. The fourth-order valence-corrected chi connectivity index (χ4v) is 5.52. The van der Waals surface area contributed by atoms with Gasteiger partial charge in [0, 0.05) is 43.7 Å². The van der Waals surface area contributed by atoms with E-state index in [-0.39, 0.29) is 30.6 Å². The van der Waals surface area contributed by atoms with E-state index in [1.807, 2.05) is 54.6 Å². The average Bonchev–Trinajstić information content (AvgIpc) is 3.08. The molecule has 0 bridgehead atoms. The van der Waals surface area contributed by atoms with Crippen molar-refractivity contribution in [2.24, 2.45) is 0 Å². The largest absolute Gasteiger partial charge is 0.445 e. The van der Waals surface area contributed by atoms with E-state index >= 15 is 0 Å². The Morgan fingerprint density at radius 3 is 2.53 bits per heavy atom. The molecule has 3 amide bonds. The second kappa shape index (κ2) is 8.76. The van der Waals surface area contributed by atoms with Gasteiger partial charge in [-0.05, 0) is 30.9 Å². The minimum Gasteiger partial charge on any atom is -0.445 e. The van der Waals surface area contributed by atoms with Crippen LogP contribution in [0.2, 0.25) is 0 Å². The SMILES string of the molecule is CC(=O)NC1CC2(CCN(C(=O)OCc3ccccc3)CC2)OC2(C1)C(=O)Nc1ccccc12. The monoisotopic (exact) mass is 463 g/mol. The Bertz CT molecular complexity index is 1100. The summed E-state index contributed by atoms with van der Waals surface area (Å²) >= 11 is 0. The average molecular weight is 464 g/mol. The van der Waals surface area contributed by atoms with Gasteiger partial charge in [0.2, 0.25) is 5.91 Å². The lowest BCUT2D eigenvalue weighted by molar-refractivity contribution is -0.213. The van der Waals surface area contributed by atoms with Gasteiger partial charge < -0.3 is 25.0 Å².